The first kappa shape index (κ1) is 14.8. The summed E-state index contributed by atoms with van der Waals surface area (Å²) >= 11 is 6.04. The van der Waals surface area contributed by atoms with Crippen molar-refractivity contribution < 1.29 is 14.6 Å². The quantitative estimate of drug-likeness (QED) is 0.914. The number of hydrogen-bond donors (Lipinski definition) is 1. The molecule has 0 fully saturated rings. The minimum atomic E-state index is -0.602. The SMILES string of the molecule is CC(Oc1ccc(C(C)O)cc1Cl)C(=O)N(C)C. The van der Waals surface area contributed by atoms with Gasteiger partial charge in [0.15, 0.2) is 6.10 Å². The second-order valence-electron chi connectivity index (χ2n) is 4.36. The molecule has 1 aromatic rings. The molecule has 5 heteroatoms. The Labute approximate surface area is 112 Å². The van der Waals surface area contributed by atoms with E-state index in [0.717, 1.165) is 0 Å². The van der Waals surface area contributed by atoms with Gasteiger partial charge in [-0.2, -0.15) is 0 Å². The minimum absolute atomic E-state index is 0.134. The summed E-state index contributed by atoms with van der Waals surface area (Å²) in [4.78, 5) is 13.1. The third-order valence-electron chi connectivity index (χ3n) is 2.53. The van der Waals surface area contributed by atoms with Crippen LogP contribution in [0.15, 0.2) is 18.2 Å². The summed E-state index contributed by atoms with van der Waals surface area (Å²) in [6.07, 6.45) is -1.19. The standard InChI is InChI=1S/C13H18ClNO3/c1-8(16)10-5-6-12(11(14)7-10)18-9(2)13(17)15(3)4/h5-9,16H,1-4H3. The summed E-state index contributed by atoms with van der Waals surface area (Å²) in [7, 11) is 3.33. The second kappa shape index (κ2) is 6.07. The van der Waals surface area contributed by atoms with Crippen molar-refractivity contribution in [3.8, 4) is 5.75 Å². The Morgan fingerprint density at radius 3 is 2.44 bits per heavy atom. The lowest BCUT2D eigenvalue weighted by Gasteiger charge is -2.19. The summed E-state index contributed by atoms with van der Waals surface area (Å²) in [6, 6.07) is 5.01. The molecule has 100 valence electrons. The molecule has 4 nitrogen and oxygen atoms in total. The molecule has 0 radical (unpaired) electrons. The Morgan fingerprint density at radius 1 is 1.39 bits per heavy atom. The van der Waals surface area contributed by atoms with E-state index in [9.17, 15) is 9.90 Å². The van der Waals surface area contributed by atoms with Gasteiger partial charge in [0.1, 0.15) is 5.75 Å². The van der Waals surface area contributed by atoms with Gasteiger partial charge in [-0.3, -0.25) is 4.79 Å². The van der Waals surface area contributed by atoms with Crippen LogP contribution in [-0.2, 0) is 4.79 Å². The molecule has 1 amide bonds. The van der Waals surface area contributed by atoms with Crippen LogP contribution in [0.25, 0.3) is 0 Å². The van der Waals surface area contributed by atoms with E-state index in [-0.39, 0.29) is 5.91 Å². The van der Waals surface area contributed by atoms with Crippen LogP contribution in [0.1, 0.15) is 25.5 Å². The molecule has 1 aromatic carbocycles. The molecule has 0 aromatic heterocycles. The third-order valence-corrected chi connectivity index (χ3v) is 2.83. The maximum Gasteiger partial charge on any atom is 0.262 e. The normalized spacial score (nSPS) is 13.9. The van der Waals surface area contributed by atoms with Crippen LogP contribution in [0.3, 0.4) is 0 Å². The molecular weight excluding hydrogens is 254 g/mol. The maximum atomic E-state index is 11.7. The molecule has 0 aliphatic carbocycles. The number of carbonyl (C=O) groups is 1. The Morgan fingerprint density at radius 2 is 2.00 bits per heavy atom. The lowest BCUT2D eigenvalue weighted by Crippen LogP contribution is -2.35. The molecule has 0 saturated carbocycles. The fraction of sp³-hybridized carbons (Fsp3) is 0.462. The first-order valence-electron chi connectivity index (χ1n) is 5.68. The van der Waals surface area contributed by atoms with Crippen molar-refractivity contribution in [2.24, 2.45) is 0 Å². The van der Waals surface area contributed by atoms with E-state index < -0.39 is 12.2 Å². The number of nitrogens with zero attached hydrogens (tertiary/aromatic N) is 1. The summed E-state index contributed by atoms with van der Waals surface area (Å²) in [5.74, 6) is 0.300. The largest absolute Gasteiger partial charge is 0.479 e. The average molecular weight is 272 g/mol. The number of likely N-dealkylation sites (N-methyl/N-ethyl adjacent to an activating group) is 1. The van der Waals surface area contributed by atoms with Crippen molar-refractivity contribution in [1.82, 2.24) is 4.90 Å². The van der Waals surface area contributed by atoms with Crippen molar-refractivity contribution in [2.75, 3.05) is 14.1 Å². The van der Waals surface area contributed by atoms with Gasteiger partial charge in [0.05, 0.1) is 11.1 Å². The zero-order valence-corrected chi connectivity index (χ0v) is 11.7. The second-order valence-corrected chi connectivity index (χ2v) is 4.77. The lowest BCUT2D eigenvalue weighted by atomic mass is 10.1. The topological polar surface area (TPSA) is 49.8 Å². The summed E-state index contributed by atoms with van der Waals surface area (Å²) in [6.45, 7) is 3.33. The van der Waals surface area contributed by atoms with Gasteiger partial charge in [0.2, 0.25) is 0 Å². The molecule has 2 unspecified atom stereocenters. The van der Waals surface area contributed by atoms with Crippen LogP contribution < -0.4 is 4.74 Å². The third kappa shape index (κ3) is 3.62. The number of carbonyl (C=O) groups excluding carboxylic acids is 1. The molecule has 0 aliphatic rings. The highest BCUT2D eigenvalue weighted by Gasteiger charge is 2.18. The van der Waals surface area contributed by atoms with Gasteiger partial charge in [-0.15, -0.1) is 0 Å². The van der Waals surface area contributed by atoms with Crippen molar-refractivity contribution in [3.05, 3.63) is 28.8 Å². The predicted octanol–water partition coefficient (Wildman–Crippen LogP) is 2.25. The Hall–Kier alpha value is -1.26. The number of hydrogen-bond acceptors (Lipinski definition) is 3. The molecule has 1 rings (SSSR count). The zero-order valence-electron chi connectivity index (χ0n) is 11.0. The lowest BCUT2D eigenvalue weighted by molar-refractivity contribution is -0.135. The molecule has 2 atom stereocenters. The maximum absolute atomic E-state index is 11.7. The van der Waals surface area contributed by atoms with E-state index in [1.807, 2.05) is 0 Å². The first-order valence-corrected chi connectivity index (χ1v) is 6.06. The molecule has 0 heterocycles. The number of ether oxygens (including phenoxy) is 1. The van der Waals surface area contributed by atoms with Gasteiger partial charge in [-0.05, 0) is 31.5 Å². The summed E-state index contributed by atoms with van der Waals surface area (Å²) in [5.41, 5.74) is 0.707. The van der Waals surface area contributed by atoms with Crippen LogP contribution in [0.4, 0.5) is 0 Å². The fourth-order valence-electron chi connectivity index (χ4n) is 1.48. The van der Waals surface area contributed by atoms with E-state index in [1.54, 1.807) is 46.1 Å². The number of rotatable bonds is 4. The average Bonchev–Trinajstić information content (AvgIpc) is 2.30. The van der Waals surface area contributed by atoms with Crippen molar-refractivity contribution in [1.29, 1.82) is 0 Å². The predicted molar refractivity (Wildman–Crippen MR) is 70.9 cm³/mol. The smallest absolute Gasteiger partial charge is 0.262 e. The Balaban J connectivity index is 2.83. The van der Waals surface area contributed by atoms with E-state index in [4.69, 9.17) is 16.3 Å². The minimum Gasteiger partial charge on any atom is -0.479 e. The molecular formula is C13H18ClNO3. The van der Waals surface area contributed by atoms with Crippen LogP contribution in [0, 0.1) is 0 Å². The van der Waals surface area contributed by atoms with Gasteiger partial charge in [0, 0.05) is 14.1 Å². The molecule has 0 bridgehead atoms. The van der Waals surface area contributed by atoms with E-state index in [2.05, 4.69) is 0 Å². The van der Waals surface area contributed by atoms with Crippen molar-refractivity contribution in [2.45, 2.75) is 26.1 Å². The van der Waals surface area contributed by atoms with Crippen LogP contribution in [-0.4, -0.2) is 36.1 Å². The van der Waals surface area contributed by atoms with Crippen LogP contribution >= 0.6 is 11.6 Å². The Bertz CT molecular complexity index is 432. The van der Waals surface area contributed by atoms with E-state index in [1.165, 1.54) is 4.90 Å². The van der Waals surface area contributed by atoms with Gasteiger partial charge < -0.3 is 14.7 Å². The van der Waals surface area contributed by atoms with Gasteiger partial charge in [-0.25, -0.2) is 0 Å². The number of amides is 1. The summed E-state index contributed by atoms with van der Waals surface area (Å²) in [5, 5.41) is 9.80. The highest BCUT2D eigenvalue weighted by atomic mass is 35.5. The Kier molecular flexibility index (Phi) is 4.99. The van der Waals surface area contributed by atoms with E-state index >= 15 is 0 Å². The molecule has 0 spiro atoms. The number of aliphatic hydroxyl groups is 1. The first-order chi connectivity index (χ1) is 8.32. The van der Waals surface area contributed by atoms with Crippen LogP contribution in [0.2, 0.25) is 5.02 Å². The molecule has 18 heavy (non-hydrogen) atoms. The highest BCUT2D eigenvalue weighted by molar-refractivity contribution is 6.32. The van der Waals surface area contributed by atoms with Crippen LogP contribution in [0.5, 0.6) is 5.75 Å². The summed E-state index contributed by atoms with van der Waals surface area (Å²) < 4.78 is 5.50. The van der Waals surface area contributed by atoms with Gasteiger partial charge in [0.25, 0.3) is 5.91 Å². The number of halogens is 1. The van der Waals surface area contributed by atoms with Gasteiger partial charge >= 0.3 is 0 Å². The van der Waals surface area contributed by atoms with Crippen molar-refractivity contribution >= 4 is 17.5 Å². The van der Waals surface area contributed by atoms with E-state index in [0.29, 0.717) is 16.3 Å². The molecule has 0 saturated heterocycles. The zero-order chi connectivity index (χ0) is 13.9. The molecule has 0 aliphatic heterocycles. The van der Waals surface area contributed by atoms with Crippen molar-refractivity contribution in [3.63, 3.8) is 0 Å². The fourth-order valence-corrected chi connectivity index (χ4v) is 1.71. The number of aliphatic hydroxyl groups excluding tert-OH is 1. The monoisotopic (exact) mass is 271 g/mol. The molecule has 1 N–H and O–H groups in total. The van der Waals surface area contributed by atoms with Gasteiger partial charge in [-0.1, -0.05) is 17.7 Å². The highest BCUT2D eigenvalue weighted by Crippen LogP contribution is 2.28. The number of benzene rings is 1.